The fraction of sp³-hybridized carbons (Fsp3) is 0.326. The second kappa shape index (κ2) is 31.9. The van der Waals surface area contributed by atoms with E-state index >= 15 is 0 Å². The molecule has 0 aromatic heterocycles. The Morgan fingerprint density at radius 3 is 0.845 bits per heavy atom. The van der Waals surface area contributed by atoms with Crippen LogP contribution in [0.3, 0.4) is 0 Å². The minimum atomic E-state index is -0.869. The predicted molar refractivity (Wildman–Crippen MR) is 400 cm³/mol. The number of amides is 8. The van der Waals surface area contributed by atoms with Crippen LogP contribution in [-0.4, -0.2) is 117 Å². The summed E-state index contributed by atoms with van der Waals surface area (Å²) in [7, 11) is 5.84. The third kappa shape index (κ3) is 14.7. The van der Waals surface area contributed by atoms with E-state index in [-0.39, 0.29) is 94.8 Å². The zero-order valence-corrected chi connectivity index (χ0v) is 64.2. The number of benzene rings is 8. The van der Waals surface area contributed by atoms with Crippen LogP contribution in [0.15, 0.2) is 121 Å². The fourth-order valence-electron chi connectivity index (χ4n) is 15.2. The molecule has 16 nitrogen and oxygen atoms in total. The van der Waals surface area contributed by atoms with Crippen LogP contribution in [0.25, 0.3) is 11.1 Å². The minimum Gasteiger partial charge on any atom is -0.478 e. The van der Waals surface area contributed by atoms with Crippen molar-refractivity contribution in [1.29, 1.82) is 0 Å². The van der Waals surface area contributed by atoms with Crippen molar-refractivity contribution in [2.45, 2.75) is 137 Å². The predicted octanol–water partition coefficient (Wildman–Crippen LogP) is 15.7. The van der Waals surface area contributed by atoms with Crippen molar-refractivity contribution in [1.82, 2.24) is 19.6 Å². The summed E-state index contributed by atoms with van der Waals surface area (Å²) in [5, 5.41) is 17.3. The van der Waals surface area contributed by atoms with E-state index in [0.29, 0.717) is 39.8 Å². The summed E-state index contributed by atoms with van der Waals surface area (Å²) in [4.78, 5) is 124. The standard InChI is InChI=1S/C31H20N2O4.2C12H18.C11H12N2O4.2C9H10O2.2CH4.Y/c1-32-27(34)21-13-11-17(15-23(21)29(32)36)31(18-12-14-22-24(16-18)30(37)33(2)28(22)35)25-9-5-3-7-19(25)20-8-4-6-10-26(20)31;2*1-7-8(2)10(4)12(6)11(5)9(7)3;1-12-8(14)4-3-5-7(6(4)10(12)16)11(17)13(2)9(5)15;2*1-6-3-7(2)5-8(4-6)9(10)11;;;/h3-16H,1-2H3;2*1-6H3;4-7H,3H2,1-2H3;2*3-5H,1-2H3,(H,10,11);2*1H4;. The number of carbonyl (C=O) groups is 10. The number of aryl methyl sites for hydroxylation is 4. The Bertz CT molecular complexity index is 4300. The number of imide groups is 4. The summed E-state index contributed by atoms with van der Waals surface area (Å²) >= 11 is 0. The molecule has 2 N–H and O–H groups in total. The Labute approximate surface area is 631 Å². The van der Waals surface area contributed by atoms with Crippen LogP contribution in [0, 0.1) is 134 Å². The van der Waals surface area contributed by atoms with Crippen LogP contribution in [-0.2, 0) is 57.3 Å². The molecule has 2 aliphatic carbocycles. The number of nitrogens with zero attached hydrogens (tertiary/aromatic N) is 4. The monoisotopic (exact) mass is 1470 g/mol. The first-order valence-corrected chi connectivity index (χ1v) is 33.4. The first kappa shape index (κ1) is 82.3. The molecule has 535 valence electrons. The van der Waals surface area contributed by atoms with Gasteiger partial charge in [-0.3, -0.25) is 58.0 Å². The maximum atomic E-state index is 13.0. The Kier molecular flexibility index (Phi) is 25.5. The molecule has 8 aromatic rings. The van der Waals surface area contributed by atoms with Gasteiger partial charge in [0, 0.05) is 60.9 Å². The van der Waals surface area contributed by atoms with Gasteiger partial charge >= 0.3 is 11.9 Å². The Morgan fingerprint density at radius 2 is 0.583 bits per heavy atom. The summed E-state index contributed by atoms with van der Waals surface area (Å²) in [6.45, 7) is 34.1. The fourth-order valence-corrected chi connectivity index (χ4v) is 15.2. The van der Waals surface area contributed by atoms with E-state index in [9.17, 15) is 47.9 Å². The molecular weight excluding hydrogens is 1370 g/mol. The van der Waals surface area contributed by atoms with E-state index in [1.165, 1.54) is 95.0 Å². The van der Waals surface area contributed by atoms with Gasteiger partial charge in [0.2, 0.25) is 23.6 Å². The molecule has 8 aromatic carbocycles. The molecule has 3 fully saturated rings. The number of carbonyl (C=O) groups excluding carboxylic acids is 8. The van der Waals surface area contributed by atoms with E-state index < -0.39 is 41.0 Å². The quantitative estimate of drug-likeness (QED) is 0.157. The van der Waals surface area contributed by atoms with Crippen molar-refractivity contribution < 1.29 is 90.9 Å². The number of hydrogen-bond acceptors (Lipinski definition) is 10. The van der Waals surface area contributed by atoms with Crippen molar-refractivity contribution in [2.75, 3.05) is 28.2 Å². The first-order valence-electron chi connectivity index (χ1n) is 33.4. The average molecular weight is 1470 g/mol. The van der Waals surface area contributed by atoms with Crippen LogP contribution >= 0.6 is 0 Å². The van der Waals surface area contributed by atoms with Crippen molar-refractivity contribution in [3.05, 3.63) is 266 Å². The van der Waals surface area contributed by atoms with Gasteiger partial charge in [0.15, 0.2) is 0 Å². The number of rotatable bonds is 4. The van der Waals surface area contributed by atoms with E-state index in [1.54, 1.807) is 36.4 Å². The maximum absolute atomic E-state index is 13.0. The third-order valence-corrected chi connectivity index (χ3v) is 22.0. The molecule has 0 bridgehead atoms. The van der Waals surface area contributed by atoms with Crippen molar-refractivity contribution >= 4 is 59.2 Å². The minimum absolute atomic E-state index is 0. The summed E-state index contributed by atoms with van der Waals surface area (Å²) in [6, 6.07) is 37.6. The van der Waals surface area contributed by atoms with Crippen molar-refractivity contribution in [2.24, 2.45) is 23.7 Å². The SMILES string of the molecule is C.C.CN1C(=O)C2CC3C(=O)N(C)C(=O)C3C2C1=O.CN1C(=O)c2ccc(C3(c4ccc5c(c4)C(=O)N(C)C5=O)c4ccccc4-c4ccccc43)cc2C1=O.Cc1c(C)c(C)c(C)c(C)c1C.Cc1c(C)c(C)c(C)c(C)c1C.Cc1cc(C)cc(C(=O)O)c1.Cc1cc(C)cc(C(=O)O)c1.[Y]. The summed E-state index contributed by atoms with van der Waals surface area (Å²) in [5.74, 6) is -6.35. The number of carboxylic acids is 2. The van der Waals surface area contributed by atoms with Gasteiger partial charge in [-0.1, -0.05) is 110 Å². The zero-order valence-electron chi connectivity index (χ0n) is 61.4. The molecule has 1 radical (unpaired) electrons. The van der Waals surface area contributed by atoms with Gasteiger partial charge < -0.3 is 10.2 Å². The van der Waals surface area contributed by atoms with E-state index in [2.05, 4.69) is 107 Å². The largest absolute Gasteiger partial charge is 0.478 e. The smallest absolute Gasteiger partial charge is 0.335 e. The van der Waals surface area contributed by atoms with Gasteiger partial charge in [0.05, 0.1) is 62.5 Å². The molecule has 4 atom stereocenters. The molecule has 1 saturated carbocycles. The molecular formula is C86H96N4O12Y. The average Bonchev–Trinajstić information content (AvgIpc) is 1.56. The summed E-state index contributed by atoms with van der Waals surface area (Å²) in [5.41, 5.74) is 28.5. The van der Waals surface area contributed by atoms with Gasteiger partial charge in [0.1, 0.15) is 0 Å². The van der Waals surface area contributed by atoms with Crippen LogP contribution in [0.5, 0.6) is 0 Å². The number of carboxylic acid groups (broad SMARTS) is 2. The van der Waals surface area contributed by atoms with E-state index in [1.807, 2.05) is 88.4 Å². The number of likely N-dealkylation sites (tertiary alicyclic amines) is 2. The molecule has 4 heterocycles. The van der Waals surface area contributed by atoms with Gasteiger partial charge in [-0.05, 0) is 266 Å². The number of aromatic carboxylic acids is 2. The van der Waals surface area contributed by atoms with Crippen LogP contribution < -0.4 is 0 Å². The van der Waals surface area contributed by atoms with Crippen LogP contribution in [0.1, 0.15) is 195 Å². The van der Waals surface area contributed by atoms with Gasteiger partial charge in [-0.2, -0.15) is 0 Å². The molecule has 103 heavy (non-hydrogen) atoms. The maximum Gasteiger partial charge on any atom is 0.335 e. The molecule has 0 spiro atoms. The Balaban J connectivity index is 0.000000212. The summed E-state index contributed by atoms with van der Waals surface area (Å²) < 4.78 is 0. The Morgan fingerprint density at radius 1 is 0.330 bits per heavy atom. The molecule has 17 heteroatoms. The van der Waals surface area contributed by atoms with Gasteiger partial charge in [-0.25, -0.2) is 9.59 Å². The van der Waals surface area contributed by atoms with E-state index in [0.717, 1.165) is 75.2 Å². The third-order valence-electron chi connectivity index (χ3n) is 22.0. The normalized spacial score (nSPS) is 17.2. The number of fused-ring (bicyclic) bond motifs is 8. The summed E-state index contributed by atoms with van der Waals surface area (Å²) in [6.07, 6.45) is 0.332. The number of hydrogen-bond donors (Lipinski definition) is 2. The first-order chi connectivity index (χ1) is 46.9. The second-order valence-electron chi connectivity index (χ2n) is 27.5. The molecule has 8 amide bonds. The van der Waals surface area contributed by atoms with Crippen LogP contribution in [0.4, 0.5) is 0 Å². The molecule has 6 aliphatic rings. The molecule has 2 saturated heterocycles. The van der Waals surface area contributed by atoms with Gasteiger partial charge in [-0.15, -0.1) is 0 Å². The van der Waals surface area contributed by atoms with Crippen LogP contribution in [0.2, 0.25) is 0 Å². The van der Waals surface area contributed by atoms with Crippen molar-refractivity contribution in [3.63, 3.8) is 0 Å². The van der Waals surface area contributed by atoms with Crippen molar-refractivity contribution in [3.8, 4) is 11.1 Å². The Hall–Kier alpha value is -9.64. The van der Waals surface area contributed by atoms with E-state index in [4.69, 9.17) is 10.2 Å². The molecule has 14 rings (SSSR count). The topological polar surface area (TPSA) is 224 Å². The van der Waals surface area contributed by atoms with Gasteiger partial charge in [0.25, 0.3) is 23.6 Å². The zero-order chi connectivity index (χ0) is 73.9. The molecule has 4 aliphatic heterocycles. The second-order valence-corrected chi connectivity index (χ2v) is 27.5. The molecule has 4 unspecified atom stereocenters.